The van der Waals surface area contributed by atoms with Crippen LogP contribution in [0, 0.1) is 0 Å². The standard InChI is InChI=1S/C15H22N2O2/c1-4-12-7-5-10(2)17(12)15(18)13-9-11(16)6-8-14(13)19-3/h6,8-10,12H,4-5,7,16H2,1-3H3. The molecule has 0 saturated carbocycles. The third kappa shape index (κ3) is 2.53. The summed E-state index contributed by atoms with van der Waals surface area (Å²) in [5.41, 5.74) is 6.95. The summed E-state index contributed by atoms with van der Waals surface area (Å²) in [6.45, 7) is 4.23. The number of carbonyl (C=O) groups excluding carboxylic acids is 1. The van der Waals surface area contributed by atoms with Gasteiger partial charge >= 0.3 is 0 Å². The Morgan fingerprint density at radius 1 is 1.47 bits per heavy atom. The van der Waals surface area contributed by atoms with Crippen LogP contribution in [-0.4, -0.2) is 30.0 Å². The van der Waals surface area contributed by atoms with Gasteiger partial charge in [-0.1, -0.05) is 6.92 Å². The van der Waals surface area contributed by atoms with E-state index in [0.29, 0.717) is 23.0 Å². The molecule has 0 radical (unpaired) electrons. The van der Waals surface area contributed by atoms with Crippen molar-refractivity contribution in [2.24, 2.45) is 0 Å². The van der Waals surface area contributed by atoms with E-state index in [1.165, 1.54) is 0 Å². The average molecular weight is 262 g/mol. The molecule has 2 atom stereocenters. The predicted octanol–water partition coefficient (Wildman–Crippen LogP) is 2.68. The Hall–Kier alpha value is -1.71. The summed E-state index contributed by atoms with van der Waals surface area (Å²) < 4.78 is 5.28. The zero-order chi connectivity index (χ0) is 14.0. The van der Waals surface area contributed by atoms with Crippen molar-refractivity contribution >= 4 is 11.6 Å². The first-order valence-electron chi connectivity index (χ1n) is 6.84. The zero-order valence-corrected chi connectivity index (χ0v) is 11.8. The maximum absolute atomic E-state index is 12.7. The lowest BCUT2D eigenvalue weighted by Crippen LogP contribution is -2.39. The van der Waals surface area contributed by atoms with Gasteiger partial charge in [-0.05, 0) is 44.4 Å². The number of carbonyl (C=O) groups is 1. The fourth-order valence-electron chi connectivity index (χ4n) is 2.87. The molecule has 2 unspecified atom stereocenters. The summed E-state index contributed by atoms with van der Waals surface area (Å²) in [5.74, 6) is 0.620. The molecule has 19 heavy (non-hydrogen) atoms. The van der Waals surface area contributed by atoms with Crippen LogP contribution in [0.4, 0.5) is 5.69 Å². The second-order valence-corrected chi connectivity index (χ2v) is 5.16. The van der Waals surface area contributed by atoms with Crippen LogP contribution >= 0.6 is 0 Å². The molecule has 1 heterocycles. The van der Waals surface area contributed by atoms with Crippen molar-refractivity contribution in [2.75, 3.05) is 12.8 Å². The second-order valence-electron chi connectivity index (χ2n) is 5.16. The summed E-state index contributed by atoms with van der Waals surface area (Å²) in [4.78, 5) is 14.7. The number of hydrogen-bond donors (Lipinski definition) is 1. The number of nitrogen functional groups attached to an aromatic ring is 1. The third-order valence-electron chi connectivity index (χ3n) is 3.95. The van der Waals surface area contributed by atoms with Gasteiger partial charge in [-0.25, -0.2) is 0 Å². The molecule has 0 aliphatic carbocycles. The zero-order valence-electron chi connectivity index (χ0n) is 11.8. The number of hydrogen-bond acceptors (Lipinski definition) is 3. The number of methoxy groups -OCH3 is 1. The van der Waals surface area contributed by atoms with E-state index in [4.69, 9.17) is 10.5 Å². The van der Waals surface area contributed by atoms with E-state index >= 15 is 0 Å². The van der Waals surface area contributed by atoms with Gasteiger partial charge in [-0.2, -0.15) is 0 Å². The Labute approximate surface area is 114 Å². The minimum absolute atomic E-state index is 0.0287. The van der Waals surface area contributed by atoms with Gasteiger partial charge in [0.2, 0.25) is 0 Å². The Morgan fingerprint density at radius 2 is 2.21 bits per heavy atom. The summed E-state index contributed by atoms with van der Waals surface area (Å²) in [6, 6.07) is 5.82. The molecule has 1 aliphatic rings. The highest BCUT2D eigenvalue weighted by molar-refractivity contribution is 5.98. The van der Waals surface area contributed by atoms with Gasteiger partial charge in [0.15, 0.2) is 0 Å². The quantitative estimate of drug-likeness (QED) is 0.852. The lowest BCUT2D eigenvalue weighted by Gasteiger charge is -2.28. The fraction of sp³-hybridized carbons (Fsp3) is 0.533. The van der Waals surface area contributed by atoms with Crippen LogP contribution in [0.15, 0.2) is 18.2 Å². The van der Waals surface area contributed by atoms with Crippen molar-refractivity contribution in [1.29, 1.82) is 0 Å². The van der Waals surface area contributed by atoms with Gasteiger partial charge in [0, 0.05) is 17.8 Å². The Balaban J connectivity index is 2.35. The van der Waals surface area contributed by atoms with Crippen molar-refractivity contribution in [1.82, 2.24) is 4.90 Å². The SMILES string of the molecule is CCC1CCC(C)N1C(=O)c1cc(N)ccc1OC. The minimum atomic E-state index is 0.0287. The van der Waals surface area contributed by atoms with Crippen LogP contribution in [0.25, 0.3) is 0 Å². The number of likely N-dealkylation sites (tertiary alicyclic amines) is 1. The molecule has 1 aromatic rings. The van der Waals surface area contributed by atoms with Crippen LogP contribution in [0.3, 0.4) is 0 Å². The molecular formula is C15H22N2O2. The van der Waals surface area contributed by atoms with E-state index < -0.39 is 0 Å². The van der Waals surface area contributed by atoms with Crippen molar-refractivity contribution in [3.63, 3.8) is 0 Å². The first-order valence-corrected chi connectivity index (χ1v) is 6.84. The summed E-state index contributed by atoms with van der Waals surface area (Å²) in [6.07, 6.45) is 3.13. The number of amides is 1. The Morgan fingerprint density at radius 3 is 2.84 bits per heavy atom. The molecule has 2 N–H and O–H groups in total. The Kier molecular flexibility index (Phi) is 3.98. The van der Waals surface area contributed by atoms with Crippen molar-refractivity contribution in [2.45, 2.75) is 45.2 Å². The molecule has 1 amide bonds. The number of benzene rings is 1. The number of anilines is 1. The summed E-state index contributed by atoms with van der Waals surface area (Å²) in [5, 5.41) is 0. The van der Waals surface area contributed by atoms with Crippen LogP contribution in [0.5, 0.6) is 5.75 Å². The first kappa shape index (κ1) is 13.7. The van der Waals surface area contributed by atoms with E-state index in [1.807, 2.05) is 4.90 Å². The van der Waals surface area contributed by atoms with Crippen LogP contribution in [0.2, 0.25) is 0 Å². The Bertz CT molecular complexity index is 473. The van der Waals surface area contributed by atoms with Crippen molar-refractivity contribution in [3.05, 3.63) is 23.8 Å². The second kappa shape index (κ2) is 5.51. The molecule has 0 spiro atoms. The molecule has 2 rings (SSSR count). The van der Waals surface area contributed by atoms with Crippen molar-refractivity contribution in [3.8, 4) is 5.75 Å². The maximum atomic E-state index is 12.7. The lowest BCUT2D eigenvalue weighted by atomic mass is 10.1. The van der Waals surface area contributed by atoms with Crippen molar-refractivity contribution < 1.29 is 9.53 Å². The van der Waals surface area contributed by atoms with Gasteiger partial charge < -0.3 is 15.4 Å². The normalized spacial score (nSPS) is 22.6. The van der Waals surface area contributed by atoms with E-state index in [2.05, 4.69) is 13.8 Å². The topological polar surface area (TPSA) is 55.6 Å². The van der Waals surface area contributed by atoms with Crippen LogP contribution in [-0.2, 0) is 0 Å². The first-order chi connectivity index (χ1) is 9.08. The van der Waals surface area contributed by atoms with Gasteiger partial charge in [-0.3, -0.25) is 4.79 Å². The molecule has 1 aromatic carbocycles. The fourth-order valence-corrected chi connectivity index (χ4v) is 2.87. The molecule has 0 bridgehead atoms. The van der Waals surface area contributed by atoms with E-state index in [9.17, 15) is 4.79 Å². The molecule has 4 nitrogen and oxygen atoms in total. The van der Waals surface area contributed by atoms with E-state index in [-0.39, 0.29) is 11.9 Å². The van der Waals surface area contributed by atoms with E-state index in [0.717, 1.165) is 19.3 Å². The predicted molar refractivity (Wildman–Crippen MR) is 76.4 cm³/mol. The highest BCUT2D eigenvalue weighted by Crippen LogP contribution is 2.31. The third-order valence-corrected chi connectivity index (χ3v) is 3.95. The molecule has 4 heteroatoms. The van der Waals surface area contributed by atoms with Gasteiger partial charge in [0.1, 0.15) is 5.75 Å². The highest BCUT2D eigenvalue weighted by Gasteiger charge is 2.34. The number of nitrogens with two attached hydrogens (primary N) is 1. The van der Waals surface area contributed by atoms with Crippen LogP contribution in [0.1, 0.15) is 43.5 Å². The number of ether oxygens (including phenoxy) is 1. The molecule has 1 saturated heterocycles. The number of rotatable bonds is 3. The monoisotopic (exact) mass is 262 g/mol. The molecule has 1 aliphatic heterocycles. The summed E-state index contributed by atoms with van der Waals surface area (Å²) >= 11 is 0. The molecule has 1 fully saturated rings. The summed E-state index contributed by atoms with van der Waals surface area (Å²) in [7, 11) is 1.58. The average Bonchev–Trinajstić information content (AvgIpc) is 2.79. The van der Waals surface area contributed by atoms with Crippen LogP contribution < -0.4 is 10.5 Å². The molecular weight excluding hydrogens is 240 g/mol. The molecule has 104 valence electrons. The highest BCUT2D eigenvalue weighted by atomic mass is 16.5. The van der Waals surface area contributed by atoms with Gasteiger partial charge in [0.05, 0.1) is 12.7 Å². The van der Waals surface area contributed by atoms with E-state index in [1.54, 1.807) is 25.3 Å². The minimum Gasteiger partial charge on any atom is -0.496 e. The lowest BCUT2D eigenvalue weighted by molar-refractivity contribution is 0.0673. The molecule has 0 aromatic heterocycles. The smallest absolute Gasteiger partial charge is 0.258 e. The number of nitrogens with zero attached hydrogens (tertiary/aromatic N) is 1. The largest absolute Gasteiger partial charge is 0.496 e. The van der Waals surface area contributed by atoms with Gasteiger partial charge in [0.25, 0.3) is 5.91 Å². The maximum Gasteiger partial charge on any atom is 0.258 e. The van der Waals surface area contributed by atoms with Gasteiger partial charge in [-0.15, -0.1) is 0 Å².